The van der Waals surface area contributed by atoms with Crippen molar-refractivity contribution in [1.82, 2.24) is 15.2 Å². The van der Waals surface area contributed by atoms with Gasteiger partial charge >= 0.3 is 0 Å². The molecule has 21 heavy (non-hydrogen) atoms. The summed E-state index contributed by atoms with van der Waals surface area (Å²) in [5, 5.41) is 3.32. The maximum Gasteiger partial charge on any atom is 0.263 e. The highest BCUT2D eigenvalue weighted by Crippen LogP contribution is 2.22. The van der Waals surface area contributed by atoms with Crippen LogP contribution in [0.1, 0.15) is 18.4 Å². The fourth-order valence-electron chi connectivity index (χ4n) is 2.51. The number of hydrogen-bond acceptors (Lipinski definition) is 5. The third-order valence-corrected chi connectivity index (χ3v) is 3.66. The van der Waals surface area contributed by atoms with Crippen LogP contribution >= 0.6 is 0 Å². The molecular weight excluding hydrogens is 270 g/mol. The summed E-state index contributed by atoms with van der Waals surface area (Å²) in [7, 11) is 0. The zero-order chi connectivity index (χ0) is 14.8. The average molecular weight is 289 g/mol. The van der Waals surface area contributed by atoms with Gasteiger partial charge in [-0.2, -0.15) is 0 Å². The highest BCUT2D eigenvalue weighted by molar-refractivity contribution is 5.78. The molecule has 6 nitrogen and oxygen atoms in total. The third-order valence-electron chi connectivity index (χ3n) is 3.66. The number of oxazole rings is 1. The number of piperazine rings is 1. The van der Waals surface area contributed by atoms with Gasteiger partial charge in [-0.1, -0.05) is 0 Å². The molecule has 1 unspecified atom stereocenters. The van der Waals surface area contributed by atoms with Crippen LogP contribution in [0.15, 0.2) is 27.2 Å². The number of nitrogens with zero attached hydrogens (tertiary/aromatic N) is 2. The summed E-state index contributed by atoms with van der Waals surface area (Å²) in [6.45, 7) is 6.21. The van der Waals surface area contributed by atoms with Gasteiger partial charge in [-0.15, -0.1) is 0 Å². The van der Waals surface area contributed by atoms with Crippen LogP contribution in [0.5, 0.6) is 0 Å². The summed E-state index contributed by atoms with van der Waals surface area (Å²) < 4.78 is 10.8. The predicted molar refractivity (Wildman–Crippen MR) is 76.7 cm³/mol. The van der Waals surface area contributed by atoms with Crippen molar-refractivity contribution >= 4 is 5.91 Å². The Hall–Kier alpha value is -2.08. The predicted octanol–water partition coefficient (Wildman–Crippen LogP) is 1.61. The largest absolute Gasteiger partial charge is 0.459 e. The highest BCUT2D eigenvalue weighted by atomic mass is 16.4. The first kappa shape index (κ1) is 13.9. The van der Waals surface area contributed by atoms with E-state index in [0.29, 0.717) is 29.1 Å². The quantitative estimate of drug-likeness (QED) is 0.929. The van der Waals surface area contributed by atoms with E-state index in [1.807, 2.05) is 11.8 Å². The fraction of sp³-hybridized carbons (Fsp3) is 0.467. The van der Waals surface area contributed by atoms with Gasteiger partial charge in [0.25, 0.3) is 5.89 Å². The van der Waals surface area contributed by atoms with E-state index in [0.717, 1.165) is 19.6 Å². The molecule has 0 bridgehead atoms. The van der Waals surface area contributed by atoms with Gasteiger partial charge in [-0.05, 0) is 26.0 Å². The minimum atomic E-state index is 0.0887. The first-order valence-electron chi connectivity index (χ1n) is 7.15. The van der Waals surface area contributed by atoms with Crippen LogP contribution in [-0.2, 0) is 11.2 Å². The third kappa shape index (κ3) is 3.00. The van der Waals surface area contributed by atoms with Crippen LogP contribution < -0.4 is 5.32 Å². The van der Waals surface area contributed by atoms with Gasteiger partial charge in [0.2, 0.25) is 5.91 Å². The zero-order valence-electron chi connectivity index (χ0n) is 12.3. The molecule has 3 rings (SSSR count). The number of furan rings is 1. The van der Waals surface area contributed by atoms with Crippen molar-refractivity contribution in [2.45, 2.75) is 26.3 Å². The molecule has 0 radical (unpaired) electrons. The molecule has 1 aliphatic heterocycles. The lowest BCUT2D eigenvalue weighted by molar-refractivity contribution is -0.131. The molecule has 2 aromatic rings. The van der Waals surface area contributed by atoms with Gasteiger partial charge < -0.3 is 19.1 Å². The monoisotopic (exact) mass is 289 g/mol. The molecule has 0 saturated carbocycles. The molecule has 1 amide bonds. The Kier molecular flexibility index (Phi) is 3.79. The average Bonchev–Trinajstić information content (AvgIpc) is 3.09. The fourth-order valence-corrected chi connectivity index (χ4v) is 2.51. The van der Waals surface area contributed by atoms with E-state index >= 15 is 0 Å². The van der Waals surface area contributed by atoms with E-state index in [4.69, 9.17) is 8.83 Å². The lowest BCUT2D eigenvalue weighted by Gasteiger charge is -2.31. The maximum absolute atomic E-state index is 12.4. The van der Waals surface area contributed by atoms with E-state index in [1.54, 1.807) is 18.4 Å². The number of aryl methyl sites for hydroxylation is 1. The number of hydrogen-bond donors (Lipinski definition) is 1. The van der Waals surface area contributed by atoms with Crippen molar-refractivity contribution in [3.63, 3.8) is 0 Å². The Bertz CT molecular complexity index is 618. The van der Waals surface area contributed by atoms with Crippen LogP contribution in [0.2, 0.25) is 0 Å². The smallest absolute Gasteiger partial charge is 0.263 e. The van der Waals surface area contributed by atoms with E-state index in [1.165, 1.54) is 0 Å². The zero-order valence-corrected chi connectivity index (χ0v) is 12.3. The molecule has 1 aliphatic rings. The Labute approximate surface area is 123 Å². The number of rotatable bonds is 3. The number of carbonyl (C=O) groups is 1. The standard InChI is InChI=1S/C15H19N3O3/c1-10-9-18(6-5-16-10)14(19)8-12-11(2)21-15(17-12)13-4-3-7-20-13/h3-4,7,10,16H,5-6,8-9H2,1-2H3. The topological polar surface area (TPSA) is 71.5 Å². The van der Waals surface area contributed by atoms with Crippen molar-refractivity contribution in [2.24, 2.45) is 0 Å². The Morgan fingerprint density at radius 1 is 1.57 bits per heavy atom. The minimum absolute atomic E-state index is 0.0887. The summed E-state index contributed by atoms with van der Waals surface area (Å²) in [6.07, 6.45) is 1.84. The molecule has 1 fully saturated rings. The highest BCUT2D eigenvalue weighted by Gasteiger charge is 2.23. The van der Waals surface area contributed by atoms with Crippen molar-refractivity contribution in [3.05, 3.63) is 29.9 Å². The lowest BCUT2D eigenvalue weighted by Crippen LogP contribution is -2.51. The summed E-state index contributed by atoms with van der Waals surface area (Å²) in [4.78, 5) is 18.6. The lowest BCUT2D eigenvalue weighted by atomic mass is 10.2. The first-order valence-corrected chi connectivity index (χ1v) is 7.15. The van der Waals surface area contributed by atoms with Gasteiger partial charge in [0.15, 0.2) is 5.76 Å². The Morgan fingerprint density at radius 2 is 2.43 bits per heavy atom. The summed E-state index contributed by atoms with van der Waals surface area (Å²) >= 11 is 0. The molecule has 1 atom stereocenters. The van der Waals surface area contributed by atoms with Gasteiger partial charge in [0, 0.05) is 25.7 Å². The second-order valence-corrected chi connectivity index (χ2v) is 5.37. The summed E-state index contributed by atoms with van der Waals surface area (Å²) in [5.41, 5.74) is 0.678. The number of nitrogens with one attached hydrogen (secondary N) is 1. The van der Waals surface area contributed by atoms with E-state index < -0.39 is 0 Å². The molecule has 112 valence electrons. The van der Waals surface area contributed by atoms with Crippen molar-refractivity contribution in [3.8, 4) is 11.7 Å². The summed E-state index contributed by atoms with van der Waals surface area (Å²) in [6, 6.07) is 3.90. The molecule has 2 aromatic heterocycles. The second-order valence-electron chi connectivity index (χ2n) is 5.37. The van der Waals surface area contributed by atoms with Gasteiger partial charge in [-0.25, -0.2) is 4.98 Å². The van der Waals surface area contributed by atoms with Crippen LogP contribution in [0, 0.1) is 6.92 Å². The van der Waals surface area contributed by atoms with Gasteiger partial charge in [-0.3, -0.25) is 4.79 Å². The molecule has 1 N–H and O–H groups in total. The normalized spacial score (nSPS) is 19.0. The first-order chi connectivity index (χ1) is 10.1. The maximum atomic E-state index is 12.4. The number of carbonyl (C=O) groups excluding carboxylic acids is 1. The van der Waals surface area contributed by atoms with Crippen LogP contribution in [0.25, 0.3) is 11.7 Å². The number of aromatic nitrogens is 1. The second kappa shape index (κ2) is 5.73. The Morgan fingerprint density at radius 3 is 3.14 bits per heavy atom. The molecule has 0 aromatic carbocycles. The van der Waals surface area contributed by atoms with Crippen LogP contribution in [0.4, 0.5) is 0 Å². The minimum Gasteiger partial charge on any atom is -0.459 e. The molecule has 1 saturated heterocycles. The van der Waals surface area contributed by atoms with E-state index in [9.17, 15) is 4.79 Å². The van der Waals surface area contributed by atoms with Crippen molar-refractivity contribution in [1.29, 1.82) is 0 Å². The van der Waals surface area contributed by atoms with Gasteiger partial charge in [0.05, 0.1) is 18.4 Å². The molecule has 6 heteroatoms. The molecule has 3 heterocycles. The molecule has 0 spiro atoms. The van der Waals surface area contributed by atoms with Crippen molar-refractivity contribution in [2.75, 3.05) is 19.6 Å². The van der Waals surface area contributed by atoms with E-state index in [-0.39, 0.29) is 12.3 Å². The number of amides is 1. The molecule has 0 aliphatic carbocycles. The summed E-state index contributed by atoms with van der Waals surface area (Å²) in [5.74, 6) is 1.75. The molecular formula is C15H19N3O3. The van der Waals surface area contributed by atoms with Crippen LogP contribution in [-0.4, -0.2) is 41.5 Å². The van der Waals surface area contributed by atoms with Gasteiger partial charge in [0.1, 0.15) is 5.76 Å². The van der Waals surface area contributed by atoms with Crippen LogP contribution in [0.3, 0.4) is 0 Å². The Balaban J connectivity index is 1.71. The van der Waals surface area contributed by atoms with E-state index in [2.05, 4.69) is 17.2 Å². The SMILES string of the molecule is Cc1oc(-c2ccco2)nc1CC(=O)N1CCNC(C)C1. The van der Waals surface area contributed by atoms with Crippen molar-refractivity contribution < 1.29 is 13.6 Å².